The Balaban J connectivity index is 1.81. The van der Waals surface area contributed by atoms with Crippen LogP contribution in [0.5, 0.6) is 0 Å². The third kappa shape index (κ3) is 4.04. The normalized spacial score (nSPS) is 22.8. The minimum Gasteiger partial charge on any atom is -0.507 e. The predicted molar refractivity (Wildman–Crippen MR) is 113 cm³/mol. The number of nitrogens with zero attached hydrogens (tertiary/aromatic N) is 2. The third-order valence-corrected chi connectivity index (χ3v) is 5.75. The van der Waals surface area contributed by atoms with Crippen molar-refractivity contribution in [3.05, 3.63) is 80.4 Å². The van der Waals surface area contributed by atoms with E-state index in [1.807, 2.05) is 0 Å². The van der Waals surface area contributed by atoms with E-state index in [2.05, 4.69) is 0 Å². The molecule has 2 aliphatic rings. The number of non-ortho nitro benzene ring substituents is 1. The van der Waals surface area contributed by atoms with Crippen molar-refractivity contribution >= 4 is 34.7 Å². The molecule has 0 aliphatic carbocycles. The van der Waals surface area contributed by atoms with Crippen molar-refractivity contribution in [3.63, 3.8) is 0 Å². The first kappa shape index (κ1) is 21.0. The minimum atomic E-state index is -0.888. The summed E-state index contributed by atoms with van der Waals surface area (Å²) in [7, 11) is 0. The van der Waals surface area contributed by atoms with Crippen LogP contribution in [0.3, 0.4) is 0 Å². The zero-order valence-corrected chi connectivity index (χ0v) is 17.1. The third-order valence-electron chi connectivity index (χ3n) is 5.50. The molecule has 2 aliphatic heterocycles. The van der Waals surface area contributed by atoms with Crippen molar-refractivity contribution in [2.75, 3.05) is 13.2 Å². The second kappa shape index (κ2) is 8.49. The Bertz CT molecular complexity index is 1060. The van der Waals surface area contributed by atoms with Crippen LogP contribution in [0.25, 0.3) is 5.76 Å². The van der Waals surface area contributed by atoms with Gasteiger partial charge in [0, 0.05) is 35.9 Å². The van der Waals surface area contributed by atoms with Crippen molar-refractivity contribution in [1.29, 1.82) is 0 Å². The van der Waals surface area contributed by atoms with Crippen LogP contribution >= 0.6 is 11.6 Å². The molecular weight excluding hydrogens is 424 g/mol. The summed E-state index contributed by atoms with van der Waals surface area (Å²) < 4.78 is 5.64. The Morgan fingerprint density at radius 2 is 1.84 bits per heavy atom. The summed E-state index contributed by atoms with van der Waals surface area (Å²) in [5, 5.41) is 22.4. The van der Waals surface area contributed by atoms with Crippen LogP contribution in [0.1, 0.15) is 30.0 Å². The number of hydrogen-bond donors (Lipinski definition) is 1. The molecule has 0 aromatic heterocycles. The summed E-state index contributed by atoms with van der Waals surface area (Å²) in [5.41, 5.74) is 0.640. The number of carbonyl (C=O) groups is 2. The van der Waals surface area contributed by atoms with Crippen LogP contribution in [-0.2, 0) is 14.3 Å². The van der Waals surface area contributed by atoms with Crippen molar-refractivity contribution < 1.29 is 24.4 Å². The van der Waals surface area contributed by atoms with Gasteiger partial charge in [-0.15, -0.1) is 0 Å². The standard InChI is InChI=1S/C22H19ClN2O6/c23-15-7-3-14(4-8-15)20(26)18-19(13-5-9-16(10-6-13)25(29)30)24(22(28)21(18)27)12-17-2-1-11-31-17/h3-10,17,19,26H,1-2,11-12H2/b20-18+/t17-,19+/m0/s1. The van der Waals surface area contributed by atoms with Gasteiger partial charge in [0.2, 0.25) is 0 Å². The fourth-order valence-electron chi connectivity index (χ4n) is 3.96. The average molecular weight is 443 g/mol. The Morgan fingerprint density at radius 1 is 1.16 bits per heavy atom. The molecule has 0 spiro atoms. The number of carbonyl (C=O) groups excluding carboxylic acids is 2. The first-order valence-corrected chi connectivity index (χ1v) is 10.1. The van der Waals surface area contributed by atoms with E-state index < -0.39 is 22.7 Å². The lowest BCUT2D eigenvalue weighted by atomic mass is 9.95. The van der Waals surface area contributed by atoms with E-state index in [4.69, 9.17) is 16.3 Å². The van der Waals surface area contributed by atoms with Gasteiger partial charge in [0.05, 0.1) is 22.6 Å². The number of aliphatic hydroxyl groups is 1. The number of Topliss-reactive ketones (excluding diaryl/α,β-unsaturated/α-hetero) is 1. The molecule has 2 atom stereocenters. The van der Waals surface area contributed by atoms with Gasteiger partial charge in [-0.3, -0.25) is 19.7 Å². The molecule has 2 aromatic carbocycles. The zero-order chi connectivity index (χ0) is 22.1. The summed E-state index contributed by atoms with van der Waals surface area (Å²) in [6, 6.07) is 11.0. The maximum Gasteiger partial charge on any atom is 0.295 e. The lowest BCUT2D eigenvalue weighted by molar-refractivity contribution is -0.384. The number of rotatable bonds is 5. The van der Waals surface area contributed by atoms with Crippen LogP contribution in [-0.4, -0.2) is 45.9 Å². The molecule has 160 valence electrons. The monoisotopic (exact) mass is 442 g/mol. The van der Waals surface area contributed by atoms with Gasteiger partial charge in [0.15, 0.2) is 0 Å². The highest BCUT2D eigenvalue weighted by molar-refractivity contribution is 6.46. The first-order valence-electron chi connectivity index (χ1n) is 9.77. The number of nitro groups is 1. The highest BCUT2D eigenvalue weighted by atomic mass is 35.5. The van der Waals surface area contributed by atoms with Gasteiger partial charge in [-0.05, 0) is 54.8 Å². The summed E-state index contributed by atoms with van der Waals surface area (Å²) in [4.78, 5) is 37.7. The lowest BCUT2D eigenvalue weighted by Gasteiger charge is -2.27. The zero-order valence-electron chi connectivity index (χ0n) is 16.4. The number of aliphatic hydroxyl groups excluding tert-OH is 1. The summed E-state index contributed by atoms with van der Waals surface area (Å²) >= 11 is 5.92. The van der Waals surface area contributed by atoms with Crippen molar-refractivity contribution in [2.24, 2.45) is 0 Å². The molecule has 0 radical (unpaired) electrons. The molecule has 9 heteroatoms. The molecule has 1 amide bonds. The summed E-state index contributed by atoms with van der Waals surface area (Å²) in [6.07, 6.45) is 1.41. The fourth-order valence-corrected chi connectivity index (χ4v) is 4.09. The number of ether oxygens (including phenoxy) is 1. The van der Waals surface area contributed by atoms with Gasteiger partial charge >= 0.3 is 0 Å². The van der Waals surface area contributed by atoms with Crippen LogP contribution < -0.4 is 0 Å². The largest absolute Gasteiger partial charge is 0.507 e. The van der Waals surface area contributed by atoms with Gasteiger partial charge in [-0.1, -0.05) is 11.6 Å². The van der Waals surface area contributed by atoms with Crippen LogP contribution in [0.4, 0.5) is 5.69 Å². The molecule has 31 heavy (non-hydrogen) atoms. The van der Waals surface area contributed by atoms with Crippen LogP contribution in [0.15, 0.2) is 54.1 Å². The Morgan fingerprint density at radius 3 is 2.42 bits per heavy atom. The molecule has 0 bridgehead atoms. The highest BCUT2D eigenvalue weighted by Gasteiger charge is 2.47. The molecule has 2 fully saturated rings. The molecular formula is C22H19ClN2O6. The predicted octanol–water partition coefficient (Wildman–Crippen LogP) is 3.85. The number of likely N-dealkylation sites (tertiary alicyclic amines) is 1. The van der Waals surface area contributed by atoms with E-state index in [0.29, 0.717) is 22.8 Å². The Kier molecular flexibility index (Phi) is 5.75. The summed E-state index contributed by atoms with van der Waals surface area (Å²) in [5.74, 6) is -1.88. The number of halogens is 1. The van der Waals surface area contributed by atoms with E-state index in [0.717, 1.165) is 12.8 Å². The van der Waals surface area contributed by atoms with Gasteiger partial charge in [0.1, 0.15) is 5.76 Å². The van der Waals surface area contributed by atoms with Gasteiger partial charge in [-0.2, -0.15) is 0 Å². The Hall–Kier alpha value is -3.23. The Labute approximate surface area is 182 Å². The number of nitro benzene ring substituents is 1. The first-order chi connectivity index (χ1) is 14.9. The second-order valence-electron chi connectivity index (χ2n) is 7.44. The number of benzene rings is 2. The van der Waals surface area contributed by atoms with E-state index in [1.54, 1.807) is 24.3 Å². The van der Waals surface area contributed by atoms with Gasteiger partial charge in [-0.25, -0.2) is 0 Å². The van der Waals surface area contributed by atoms with E-state index >= 15 is 0 Å². The molecule has 8 nitrogen and oxygen atoms in total. The van der Waals surface area contributed by atoms with E-state index in [-0.39, 0.29) is 29.7 Å². The quantitative estimate of drug-likeness (QED) is 0.247. The van der Waals surface area contributed by atoms with Gasteiger partial charge in [0.25, 0.3) is 17.4 Å². The molecule has 0 saturated carbocycles. The molecule has 4 rings (SSSR count). The maximum atomic E-state index is 12.9. The van der Waals surface area contributed by atoms with E-state index in [1.165, 1.54) is 29.2 Å². The smallest absolute Gasteiger partial charge is 0.295 e. The van der Waals surface area contributed by atoms with Crippen molar-refractivity contribution in [3.8, 4) is 0 Å². The molecule has 2 heterocycles. The van der Waals surface area contributed by atoms with Crippen molar-refractivity contribution in [2.45, 2.75) is 25.0 Å². The van der Waals surface area contributed by atoms with Crippen LogP contribution in [0.2, 0.25) is 5.02 Å². The lowest BCUT2D eigenvalue weighted by Crippen LogP contribution is -2.36. The summed E-state index contributed by atoms with van der Waals surface area (Å²) in [6.45, 7) is 0.769. The van der Waals surface area contributed by atoms with E-state index in [9.17, 15) is 24.8 Å². The molecule has 0 unspecified atom stereocenters. The number of ketones is 1. The second-order valence-corrected chi connectivity index (χ2v) is 7.88. The fraction of sp³-hybridized carbons (Fsp3) is 0.273. The highest BCUT2D eigenvalue weighted by Crippen LogP contribution is 2.40. The molecule has 1 N–H and O–H groups in total. The maximum absolute atomic E-state index is 12.9. The van der Waals surface area contributed by atoms with Crippen molar-refractivity contribution in [1.82, 2.24) is 4.90 Å². The average Bonchev–Trinajstić information content (AvgIpc) is 3.36. The van der Waals surface area contributed by atoms with Crippen LogP contribution in [0, 0.1) is 10.1 Å². The molecule has 2 aromatic rings. The van der Waals surface area contributed by atoms with Gasteiger partial charge < -0.3 is 14.7 Å². The number of amides is 1. The minimum absolute atomic E-state index is 0.0702. The molecule has 2 saturated heterocycles. The topological polar surface area (TPSA) is 110 Å². The number of hydrogen-bond acceptors (Lipinski definition) is 6. The SMILES string of the molecule is O=C1C(=O)N(C[C@@H]2CCCO2)[C@H](c2ccc([N+](=O)[O-])cc2)/C1=C(\O)c1ccc(Cl)cc1.